The first-order chi connectivity index (χ1) is 14.8. The minimum atomic E-state index is 0.258. The molecule has 2 aromatic heterocycles. The van der Waals surface area contributed by atoms with Crippen molar-refractivity contribution in [3.63, 3.8) is 0 Å². The predicted octanol–water partition coefficient (Wildman–Crippen LogP) is 3.02. The van der Waals surface area contributed by atoms with Gasteiger partial charge in [-0.25, -0.2) is 9.97 Å². The van der Waals surface area contributed by atoms with Crippen LogP contribution in [0.3, 0.4) is 0 Å². The first kappa shape index (κ1) is 19.9. The zero-order valence-electron chi connectivity index (χ0n) is 17.9. The van der Waals surface area contributed by atoms with Gasteiger partial charge in [-0.05, 0) is 44.3 Å². The Morgan fingerprint density at radius 3 is 2.43 bits per heavy atom. The van der Waals surface area contributed by atoms with E-state index in [1.54, 1.807) is 6.33 Å². The highest BCUT2D eigenvalue weighted by molar-refractivity contribution is 5.22. The summed E-state index contributed by atoms with van der Waals surface area (Å²) in [5.74, 6) is 1.00. The summed E-state index contributed by atoms with van der Waals surface area (Å²) in [6, 6.07) is 4.37. The van der Waals surface area contributed by atoms with Crippen LogP contribution >= 0.6 is 0 Å². The molecule has 3 aliphatic rings. The summed E-state index contributed by atoms with van der Waals surface area (Å²) in [5, 5.41) is 0. The average molecular weight is 408 g/mol. The molecule has 0 amide bonds. The molecule has 0 spiro atoms. The molecule has 0 aromatic carbocycles. The zero-order valence-corrected chi connectivity index (χ0v) is 17.9. The Kier molecular flexibility index (Phi) is 5.95. The van der Waals surface area contributed by atoms with E-state index < -0.39 is 0 Å². The van der Waals surface area contributed by atoms with Crippen LogP contribution in [0, 0.1) is 5.92 Å². The van der Waals surface area contributed by atoms with E-state index >= 15 is 0 Å². The largest absolute Gasteiger partial charge is 0.312 e. The molecular formula is C24H33N5O. The van der Waals surface area contributed by atoms with Gasteiger partial charge < -0.3 is 4.57 Å². The van der Waals surface area contributed by atoms with Crippen molar-refractivity contribution in [1.82, 2.24) is 24.3 Å². The maximum absolute atomic E-state index is 13.4. The van der Waals surface area contributed by atoms with E-state index in [0.29, 0.717) is 11.8 Å². The van der Waals surface area contributed by atoms with Gasteiger partial charge in [0.25, 0.3) is 5.56 Å². The van der Waals surface area contributed by atoms with Gasteiger partial charge >= 0.3 is 0 Å². The van der Waals surface area contributed by atoms with E-state index in [4.69, 9.17) is 0 Å². The molecule has 6 heteroatoms. The van der Waals surface area contributed by atoms with E-state index in [1.165, 1.54) is 49.8 Å². The van der Waals surface area contributed by atoms with Crippen molar-refractivity contribution >= 4 is 0 Å². The van der Waals surface area contributed by atoms with Crippen molar-refractivity contribution in [3.05, 3.63) is 58.0 Å². The number of aromatic nitrogens is 3. The van der Waals surface area contributed by atoms with E-state index in [0.717, 1.165) is 51.4 Å². The molecule has 5 rings (SSSR count). The summed E-state index contributed by atoms with van der Waals surface area (Å²) in [5.41, 5.74) is 3.65. The quantitative estimate of drug-likeness (QED) is 0.780. The fourth-order valence-electron chi connectivity index (χ4n) is 5.72. The third-order valence-corrected chi connectivity index (χ3v) is 7.12. The molecule has 6 nitrogen and oxygen atoms in total. The van der Waals surface area contributed by atoms with E-state index in [9.17, 15) is 4.79 Å². The number of rotatable bonds is 4. The predicted molar refractivity (Wildman–Crippen MR) is 117 cm³/mol. The minimum absolute atomic E-state index is 0.258. The third kappa shape index (κ3) is 4.35. The zero-order chi connectivity index (χ0) is 20.3. The lowest BCUT2D eigenvalue weighted by molar-refractivity contribution is 0.114. The van der Waals surface area contributed by atoms with Crippen LogP contribution in [0.4, 0.5) is 0 Å². The monoisotopic (exact) mass is 407 g/mol. The van der Waals surface area contributed by atoms with Crippen molar-refractivity contribution in [1.29, 1.82) is 0 Å². The van der Waals surface area contributed by atoms with Crippen LogP contribution < -0.4 is 5.56 Å². The van der Waals surface area contributed by atoms with Gasteiger partial charge in [0.05, 0.1) is 0 Å². The fourth-order valence-corrected chi connectivity index (χ4v) is 5.72. The highest BCUT2D eigenvalue weighted by Crippen LogP contribution is 2.35. The Morgan fingerprint density at radius 1 is 0.867 bits per heavy atom. The molecule has 0 radical (unpaired) electrons. The van der Waals surface area contributed by atoms with Crippen LogP contribution in [0.5, 0.6) is 0 Å². The lowest BCUT2D eigenvalue weighted by Gasteiger charge is -2.43. The molecule has 2 saturated heterocycles. The van der Waals surface area contributed by atoms with Crippen LogP contribution in [0.25, 0.3) is 0 Å². The molecule has 2 fully saturated rings. The second kappa shape index (κ2) is 8.98. The second-order valence-corrected chi connectivity index (χ2v) is 9.48. The van der Waals surface area contributed by atoms with Crippen LogP contribution in [-0.4, -0.2) is 50.5 Å². The summed E-state index contributed by atoms with van der Waals surface area (Å²) in [7, 11) is 0. The molecular weight excluding hydrogens is 374 g/mol. The first-order valence-electron chi connectivity index (χ1n) is 11.7. The number of fused-ring (bicyclic) bond motifs is 4. The molecule has 2 aromatic rings. The molecule has 160 valence electrons. The van der Waals surface area contributed by atoms with Crippen molar-refractivity contribution in [2.45, 2.75) is 64.1 Å². The minimum Gasteiger partial charge on any atom is -0.312 e. The van der Waals surface area contributed by atoms with Crippen molar-refractivity contribution in [2.75, 3.05) is 26.2 Å². The van der Waals surface area contributed by atoms with Crippen LogP contribution in [0.15, 0.2) is 35.6 Å². The molecule has 5 heterocycles. The normalized spacial score (nSPS) is 25.3. The van der Waals surface area contributed by atoms with Crippen LogP contribution in [-0.2, 0) is 19.6 Å². The molecule has 2 atom stereocenters. The molecule has 0 saturated carbocycles. The Labute approximate surface area is 178 Å². The molecule has 0 N–H and O–H groups in total. The molecule has 3 aliphatic heterocycles. The van der Waals surface area contributed by atoms with Crippen LogP contribution in [0.1, 0.15) is 61.3 Å². The fraction of sp³-hybridized carbons (Fsp3) is 0.625. The number of pyridine rings is 1. The van der Waals surface area contributed by atoms with Crippen molar-refractivity contribution < 1.29 is 0 Å². The SMILES string of the molecule is O=c1c(CN2CCCCCCC2)ccc2n1C[C@H]1C[C@@H]2CN(Cc2cncnc2)C1. The standard InChI is InChI=1S/C24H33N5O/c30-24-21(16-27-8-4-2-1-3-5-9-27)6-7-23-22-10-19(15-29(23)24)13-28(17-22)14-20-11-25-18-26-12-20/h6-7,11-12,18-19,22H,1-5,8-10,13-17H2/t19-,22+/m0/s1. The Hall–Kier alpha value is -2.05. The van der Waals surface area contributed by atoms with E-state index in [1.807, 2.05) is 12.4 Å². The van der Waals surface area contributed by atoms with Crippen molar-refractivity contribution in [3.8, 4) is 0 Å². The Bertz CT molecular complexity index is 904. The van der Waals surface area contributed by atoms with Gasteiger partial charge in [-0.1, -0.05) is 25.3 Å². The van der Waals surface area contributed by atoms with E-state index in [-0.39, 0.29) is 5.56 Å². The summed E-state index contributed by atoms with van der Waals surface area (Å²) < 4.78 is 2.11. The number of hydrogen-bond acceptors (Lipinski definition) is 5. The summed E-state index contributed by atoms with van der Waals surface area (Å²) in [6.07, 6.45) is 13.2. The lowest BCUT2D eigenvalue weighted by Crippen LogP contribution is -2.47. The molecule has 0 unspecified atom stereocenters. The first-order valence-corrected chi connectivity index (χ1v) is 11.7. The van der Waals surface area contributed by atoms with E-state index in [2.05, 4.69) is 36.5 Å². The molecule has 0 aliphatic carbocycles. The number of hydrogen-bond donors (Lipinski definition) is 0. The topological polar surface area (TPSA) is 54.3 Å². The summed E-state index contributed by atoms with van der Waals surface area (Å²) in [6.45, 7) is 6.89. The van der Waals surface area contributed by atoms with Gasteiger partial charge in [0, 0.05) is 67.9 Å². The van der Waals surface area contributed by atoms with Gasteiger partial charge in [0.1, 0.15) is 6.33 Å². The summed E-state index contributed by atoms with van der Waals surface area (Å²) in [4.78, 5) is 26.7. The second-order valence-electron chi connectivity index (χ2n) is 9.48. The maximum Gasteiger partial charge on any atom is 0.255 e. The smallest absolute Gasteiger partial charge is 0.255 e. The van der Waals surface area contributed by atoms with Crippen LogP contribution in [0.2, 0.25) is 0 Å². The lowest BCUT2D eigenvalue weighted by atomic mass is 9.83. The Balaban J connectivity index is 1.31. The maximum atomic E-state index is 13.4. The van der Waals surface area contributed by atoms with Gasteiger partial charge in [0.2, 0.25) is 0 Å². The van der Waals surface area contributed by atoms with Gasteiger partial charge in [-0.3, -0.25) is 14.6 Å². The van der Waals surface area contributed by atoms with Gasteiger partial charge in [-0.15, -0.1) is 0 Å². The Morgan fingerprint density at radius 2 is 1.63 bits per heavy atom. The number of likely N-dealkylation sites (tertiary alicyclic amines) is 2. The molecule has 2 bridgehead atoms. The van der Waals surface area contributed by atoms with Gasteiger partial charge in [0.15, 0.2) is 0 Å². The molecule has 30 heavy (non-hydrogen) atoms. The number of nitrogens with zero attached hydrogens (tertiary/aromatic N) is 5. The third-order valence-electron chi connectivity index (χ3n) is 7.12. The highest BCUT2D eigenvalue weighted by Gasteiger charge is 2.35. The summed E-state index contributed by atoms with van der Waals surface area (Å²) >= 11 is 0. The van der Waals surface area contributed by atoms with Gasteiger partial charge in [-0.2, -0.15) is 0 Å². The van der Waals surface area contributed by atoms with Crippen molar-refractivity contribution in [2.24, 2.45) is 5.92 Å². The number of piperidine rings is 1. The highest BCUT2D eigenvalue weighted by atomic mass is 16.1. The average Bonchev–Trinajstić information content (AvgIpc) is 2.73.